The van der Waals surface area contributed by atoms with Gasteiger partial charge in [-0.3, -0.25) is 0 Å². The zero-order valence-electron chi connectivity index (χ0n) is 9.50. The van der Waals surface area contributed by atoms with Gasteiger partial charge in [0, 0.05) is 18.1 Å². The van der Waals surface area contributed by atoms with E-state index in [1.165, 1.54) is 0 Å². The summed E-state index contributed by atoms with van der Waals surface area (Å²) in [7, 11) is 0.718. The molecule has 0 aliphatic heterocycles. The van der Waals surface area contributed by atoms with Crippen LogP contribution in [-0.4, -0.2) is 28.7 Å². The van der Waals surface area contributed by atoms with Crippen LogP contribution in [0.25, 0.3) is 0 Å². The molecule has 0 bridgehead atoms. The monoisotopic (exact) mass is 216 g/mol. The summed E-state index contributed by atoms with van der Waals surface area (Å²) in [5.74, 6) is -0.308. The molecule has 0 aliphatic rings. The van der Waals surface area contributed by atoms with Gasteiger partial charge >= 0.3 is 5.97 Å². The summed E-state index contributed by atoms with van der Waals surface area (Å²) in [5.41, 5.74) is 0.447. The van der Waals surface area contributed by atoms with Crippen molar-refractivity contribution in [3.8, 4) is 0 Å². The van der Waals surface area contributed by atoms with Crippen molar-refractivity contribution in [2.24, 2.45) is 0 Å². The highest BCUT2D eigenvalue weighted by Gasteiger charge is 2.15. The summed E-state index contributed by atoms with van der Waals surface area (Å²) in [6.07, 6.45) is 1.69. The van der Waals surface area contributed by atoms with Crippen LogP contribution >= 0.6 is 0 Å². The van der Waals surface area contributed by atoms with Gasteiger partial charge in [-0.1, -0.05) is 13.5 Å². The molecule has 82 valence electrons. The minimum Gasteiger partial charge on any atom is -0.459 e. The molecule has 0 radical (unpaired) electrons. The van der Waals surface area contributed by atoms with Crippen LogP contribution in [0, 0.1) is 0 Å². The Kier molecular flexibility index (Phi) is 6.49. The summed E-state index contributed by atoms with van der Waals surface area (Å²) in [6.45, 7) is 9.18. The van der Waals surface area contributed by atoms with E-state index in [-0.39, 0.29) is 18.2 Å². The lowest BCUT2D eigenvalue weighted by Gasteiger charge is -2.19. The van der Waals surface area contributed by atoms with E-state index in [0.29, 0.717) is 5.57 Å². The minimum absolute atomic E-state index is 0.0526. The second-order valence-corrected chi connectivity index (χ2v) is 3.97. The summed E-state index contributed by atoms with van der Waals surface area (Å²) in [6, 6.07) is 0. The summed E-state index contributed by atoms with van der Waals surface area (Å²) in [5, 5.41) is 0. The van der Waals surface area contributed by atoms with Crippen LogP contribution in [0.5, 0.6) is 0 Å². The highest BCUT2D eigenvalue weighted by molar-refractivity contribution is 5.98. The van der Waals surface area contributed by atoms with Gasteiger partial charge in [-0.25, -0.2) is 4.79 Å². The molecule has 0 aliphatic carbocycles. The first-order valence-electron chi connectivity index (χ1n) is 4.90. The third kappa shape index (κ3) is 5.19. The SMILES string of the molecule is C=C(C)C(=O)OC(CC)CC(C)O[SiH3]. The fourth-order valence-electron chi connectivity index (χ4n) is 1.02. The number of carbonyl (C=O) groups is 1. The fourth-order valence-corrected chi connectivity index (χ4v) is 1.21. The summed E-state index contributed by atoms with van der Waals surface area (Å²) < 4.78 is 10.5. The Bertz CT molecular complexity index is 204. The fraction of sp³-hybridized carbons (Fsp3) is 0.700. The second-order valence-electron chi connectivity index (χ2n) is 3.50. The first-order chi connectivity index (χ1) is 6.51. The number of ether oxygens (including phenoxy) is 1. The Morgan fingerprint density at radius 2 is 2.14 bits per heavy atom. The molecule has 0 heterocycles. The largest absolute Gasteiger partial charge is 0.459 e. The number of hydrogen-bond acceptors (Lipinski definition) is 3. The zero-order chi connectivity index (χ0) is 11.1. The predicted molar refractivity (Wildman–Crippen MR) is 60.1 cm³/mol. The van der Waals surface area contributed by atoms with Crippen molar-refractivity contribution in [2.45, 2.75) is 45.8 Å². The predicted octanol–water partition coefficient (Wildman–Crippen LogP) is 0.960. The second kappa shape index (κ2) is 6.78. The lowest BCUT2D eigenvalue weighted by atomic mass is 10.1. The Morgan fingerprint density at radius 1 is 1.57 bits per heavy atom. The van der Waals surface area contributed by atoms with Crippen LogP contribution in [-0.2, 0) is 14.0 Å². The molecule has 3 nitrogen and oxygen atoms in total. The zero-order valence-corrected chi connectivity index (χ0v) is 11.5. The van der Waals surface area contributed by atoms with Gasteiger partial charge in [0.25, 0.3) is 0 Å². The molecule has 4 heteroatoms. The van der Waals surface area contributed by atoms with Gasteiger partial charge in [0.05, 0.1) is 0 Å². The molecule has 0 rings (SSSR count). The van der Waals surface area contributed by atoms with E-state index in [4.69, 9.17) is 9.16 Å². The maximum absolute atomic E-state index is 11.2. The summed E-state index contributed by atoms with van der Waals surface area (Å²) >= 11 is 0. The third-order valence-electron chi connectivity index (χ3n) is 2.07. The van der Waals surface area contributed by atoms with E-state index < -0.39 is 0 Å². The van der Waals surface area contributed by atoms with E-state index in [2.05, 4.69) is 6.58 Å². The van der Waals surface area contributed by atoms with Crippen LogP contribution in [0.1, 0.15) is 33.6 Å². The van der Waals surface area contributed by atoms with E-state index >= 15 is 0 Å². The van der Waals surface area contributed by atoms with Gasteiger partial charge in [0.1, 0.15) is 16.6 Å². The molecule has 0 saturated carbocycles. The lowest BCUT2D eigenvalue weighted by molar-refractivity contribution is -0.145. The molecule has 0 fully saturated rings. The topological polar surface area (TPSA) is 35.5 Å². The van der Waals surface area contributed by atoms with Crippen molar-refractivity contribution in [3.63, 3.8) is 0 Å². The third-order valence-corrected chi connectivity index (χ3v) is 2.88. The van der Waals surface area contributed by atoms with Gasteiger partial charge in [-0.2, -0.15) is 0 Å². The van der Waals surface area contributed by atoms with Gasteiger partial charge in [0.2, 0.25) is 0 Å². The van der Waals surface area contributed by atoms with Crippen molar-refractivity contribution in [1.29, 1.82) is 0 Å². The maximum atomic E-state index is 11.2. The molecule has 2 unspecified atom stereocenters. The normalized spacial score (nSPS) is 14.8. The first kappa shape index (κ1) is 13.4. The minimum atomic E-state index is -0.308. The average Bonchev–Trinajstić information content (AvgIpc) is 2.16. The molecule has 0 saturated heterocycles. The molecule has 0 amide bonds. The van der Waals surface area contributed by atoms with E-state index in [1.807, 2.05) is 13.8 Å². The standard InChI is InChI=1S/C10H20O3Si/c1-5-9(6-8(4)13-14)12-10(11)7(2)3/h8-9H,2,5-6H2,1,3-4,14H3. The maximum Gasteiger partial charge on any atom is 0.333 e. The first-order valence-corrected chi connectivity index (χ1v) is 5.72. The van der Waals surface area contributed by atoms with Crippen molar-refractivity contribution in [1.82, 2.24) is 0 Å². The smallest absolute Gasteiger partial charge is 0.333 e. The molecule has 0 aromatic carbocycles. The highest BCUT2D eigenvalue weighted by Crippen LogP contribution is 2.10. The van der Waals surface area contributed by atoms with Crippen molar-refractivity contribution in [2.75, 3.05) is 0 Å². The quantitative estimate of drug-likeness (QED) is 0.377. The van der Waals surface area contributed by atoms with Crippen LogP contribution in [0.2, 0.25) is 0 Å². The highest BCUT2D eigenvalue weighted by atomic mass is 28.2. The number of hydrogen-bond donors (Lipinski definition) is 0. The van der Waals surface area contributed by atoms with Crippen molar-refractivity contribution >= 4 is 16.5 Å². The van der Waals surface area contributed by atoms with Gasteiger partial charge in [0.15, 0.2) is 0 Å². The van der Waals surface area contributed by atoms with E-state index in [0.717, 1.165) is 23.3 Å². The van der Waals surface area contributed by atoms with Crippen LogP contribution < -0.4 is 0 Å². The molecule has 2 atom stereocenters. The Labute approximate surface area is 89.0 Å². The van der Waals surface area contributed by atoms with Crippen LogP contribution in [0.3, 0.4) is 0 Å². The molecule has 14 heavy (non-hydrogen) atoms. The summed E-state index contributed by atoms with van der Waals surface area (Å²) in [4.78, 5) is 11.2. The molecular weight excluding hydrogens is 196 g/mol. The molecule has 0 N–H and O–H groups in total. The number of esters is 1. The van der Waals surface area contributed by atoms with E-state index in [9.17, 15) is 4.79 Å². The lowest BCUT2D eigenvalue weighted by Crippen LogP contribution is -2.23. The molecule has 0 spiro atoms. The Morgan fingerprint density at radius 3 is 2.50 bits per heavy atom. The van der Waals surface area contributed by atoms with Gasteiger partial charge in [-0.05, 0) is 20.3 Å². The van der Waals surface area contributed by atoms with Gasteiger partial charge in [-0.15, -0.1) is 0 Å². The Balaban J connectivity index is 4.02. The molecule has 0 aromatic heterocycles. The Hall–Kier alpha value is -0.613. The number of rotatable bonds is 6. The van der Waals surface area contributed by atoms with Gasteiger partial charge < -0.3 is 9.16 Å². The van der Waals surface area contributed by atoms with Crippen LogP contribution in [0.15, 0.2) is 12.2 Å². The van der Waals surface area contributed by atoms with Crippen molar-refractivity contribution < 1.29 is 14.0 Å². The van der Waals surface area contributed by atoms with Crippen LogP contribution in [0.4, 0.5) is 0 Å². The van der Waals surface area contributed by atoms with E-state index in [1.54, 1.807) is 6.92 Å². The molecular formula is C10H20O3Si. The molecule has 0 aromatic rings. The average molecular weight is 216 g/mol. The van der Waals surface area contributed by atoms with Crippen molar-refractivity contribution in [3.05, 3.63) is 12.2 Å². The number of carbonyl (C=O) groups excluding carboxylic acids is 1.